The average molecular weight is 312 g/mol. The molecule has 1 heterocycles. The van der Waals surface area contributed by atoms with Gasteiger partial charge in [0.15, 0.2) is 0 Å². The van der Waals surface area contributed by atoms with Gasteiger partial charge in [-0.2, -0.15) is 10.1 Å². The number of hydrogen-bond acceptors (Lipinski definition) is 7. The summed E-state index contributed by atoms with van der Waals surface area (Å²) in [5.41, 5.74) is 0.438. The molecular formula is C14H20N2O6. The van der Waals surface area contributed by atoms with E-state index in [2.05, 4.69) is 5.10 Å². The molecule has 0 spiro atoms. The van der Waals surface area contributed by atoms with Crippen LogP contribution in [0.4, 0.5) is 4.79 Å². The Morgan fingerprint density at radius 2 is 1.73 bits per heavy atom. The molecule has 0 aliphatic carbocycles. The summed E-state index contributed by atoms with van der Waals surface area (Å²) in [6, 6.07) is 0. The molecule has 0 bridgehead atoms. The van der Waals surface area contributed by atoms with E-state index in [1.807, 2.05) is 0 Å². The minimum absolute atomic E-state index is 0.0153. The van der Waals surface area contributed by atoms with E-state index in [4.69, 9.17) is 14.2 Å². The number of hydrazone groups is 1. The van der Waals surface area contributed by atoms with Gasteiger partial charge in [0, 0.05) is 0 Å². The lowest BCUT2D eigenvalue weighted by Gasteiger charge is -2.29. The van der Waals surface area contributed by atoms with Gasteiger partial charge >= 0.3 is 18.0 Å². The van der Waals surface area contributed by atoms with Crippen molar-refractivity contribution in [3.63, 3.8) is 0 Å². The van der Waals surface area contributed by atoms with E-state index < -0.39 is 23.9 Å². The molecule has 1 atom stereocenters. The number of allylic oxidation sites excluding steroid dienone is 1. The van der Waals surface area contributed by atoms with E-state index in [9.17, 15) is 14.4 Å². The Kier molecular flexibility index (Phi) is 6.09. The molecule has 0 saturated carbocycles. The summed E-state index contributed by atoms with van der Waals surface area (Å²) in [6.45, 7) is 6.66. The summed E-state index contributed by atoms with van der Waals surface area (Å²) in [6.07, 6.45) is -0.733. The molecule has 0 saturated heterocycles. The highest BCUT2D eigenvalue weighted by Gasteiger charge is 2.40. The first kappa shape index (κ1) is 17.7. The molecule has 0 aromatic rings. The van der Waals surface area contributed by atoms with Crippen LogP contribution in [-0.4, -0.2) is 49.1 Å². The SMILES string of the molecule is CCOC(=O)C1C(C)=NN(C(=O)OCC)C(C)=C1C(=O)OC. The highest BCUT2D eigenvalue weighted by atomic mass is 16.6. The molecule has 122 valence electrons. The number of esters is 2. The highest BCUT2D eigenvalue weighted by molar-refractivity contribution is 6.12. The van der Waals surface area contributed by atoms with Crippen LogP contribution in [0.25, 0.3) is 0 Å². The van der Waals surface area contributed by atoms with E-state index in [1.54, 1.807) is 13.8 Å². The van der Waals surface area contributed by atoms with Crippen LogP contribution in [0.1, 0.15) is 27.7 Å². The number of nitrogens with zero attached hydrogens (tertiary/aromatic N) is 2. The molecule has 1 aliphatic rings. The highest BCUT2D eigenvalue weighted by Crippen LogP contribution is 2.28. The fourth-order valence-electron chi connectivity index (χ4n) is 2.07. The third-order valence-corrected chi connectivity index (χ3v) is 3.04. The van der Waals surface area contributed by atoms with Crippen LogP contribution in [-0.2, 0) is 23.8 Å². The van der Waals surface area contributed by atoms with Gasteiger partial charge in [0.25, 0.3) is 0 Å². The zero-order valence-corrected chi connectivity index (χ0v) is 13.3. The van der Waals surface area contributed by atoms with Crippen LogP contribution >= 0.6 is 0 Å². The van der Waals surface area contributed by atoms with Crippen molar-refractivity contribution in [1.82, 2.24) is 5.01 Å². The van der Waals surface area contributed by atoms with Gasteiger partial charge in [-0.25, -0.2) is 9.59 Å². The van der Waals surface area contributed by atoms with Crippen molar-refractivity contribution in [2.75, 3.05) is 20.3 Å². The second-order valence-corrected chi connectivity index (χ2v) is 4.43. The van der Waals surface area contributed by atoms with Crippen LogP contribution < -0.4 is 0 Å². The molecule has 1 rings (SSSR count). The Labute approximate surface area is 128 Å². The minimum atomic E-state index is -1.00. The van der Waals surface area contributed by atoms with E-state index in [0.29, 0.717) is 0 Å². The Morgan fingerprint density at radius 1 is 1.14 bits per heavy atom. The van der Waals surface area contributed by atoms with E-state index >= 15 is 0 Å². The summed E-state index contributed by atoms with van der Waals surface area (Å²) in [5.74, 6) is -2.34. The lowest BCUT2D eigenvalue weighted by atomic mass is 9.91. The van der Waals surface area contributed by atoms with Crippen molar-refractivity contribution in [2.45, 2.75) is 27.7 Å². The van der Waals surface area contributed by atoms with Gasteiger partial charge < -0.3 is 14.2 Å². The van der Waals surface area contributed by atoms with Crippen LogP contribution in [0.2, 0.25) is 0 Å². The van der Waals surface area contributed by atoms with Gasteiger partial charge in [0.1, 0.15) is 5.92 Å². The Bertz CT molecular complexity index is 537. The molecule has 1 aliphatic heterocycles. The van der Waals surface area contributed by atoms with Crippen LogP contribution in [0, 0.1) is 5.92 Å². The van der Waals surface area contributed by atoms with E-state index in [-0.39, 0.29) is 30.2 Å². The minimum Gasteiger partial charge on any atom is -0.466 e. The normalized spacial score (nSPS) is 17.8. The molecule has 8 nitrogen and oxygen atoms in total. The van der Waals surface area contributed by atoms with Crippen molar-refractivity contribution in [1.29, 1.82) is 0 Å². The molecule has 1 unspecified atom stereocenters. The predicted molar refractivity (Wildman–Crippen MR) is 76.8 cm³/mol. The van der Waals surface area contributed by atoms with Gasteiger partial charge in [-0.05, 0) is 27.7 Å². The lowest BCUT2D eigenvalue weighted by Crippen LogP contribution is -2.40. The first-order valence-corrected chi connectivity index (χ1v) is 6.86. The first-order valence-electron chi connectivity index (χ1n) is 6.86. The number of hydrogen-bond donors (Lipinski definition) is 0. The summed E-state index contributed by atoms with van der Waals surface area (Å²) in [4.78, 5) is 36.1. The maximum absolute atomic E-state index is 12.1. The van der Waals surface area contributed by atoms with Gasteiger partial charge in [0.05, 0.1) is 37.3 Å². The summed E-state index contributed by atoms with van der Waals surface area (Å²) in [7, 11) is 1.20. The van der Waals surface area contributed by atoms with Crippen LogP contribution in [0.3, 0.4) is 0 Å². The molecule has 22 heavy (non-hydrogen) atoms. The third-order valence-electron chi connectivity index (χ3n) is 3.04. The van der Waals surface area contributed by atoms with Crippen molar-refractivity contribution in [3.05, 3.63) is 11.3 Å². The Hall–Kier alpha value is -2.38. The van der Waals surface area contributed by atoms with E-state index in [1.165, 1.54) is 21.0 Å². The summed E-state index contributed by atoms with van der Waals surface area (Å²) in [5, 5.41) is 4.99. The number of rotatable bonds is 4. The molecular weight excluding hydrogens is 292 g/mol. The van der Waals surface area contributed by atoms with Crippen LogP contribution in [0.15, 0.2) is 16.4 Å². The lowest BCUT2D eigenvalue weighted by molar-refractivity contribution is -0.147. The smallest absolute Gasteiger partial charge is 0.434 e. The van der Waals surface area contributed by atoms with Gasteiger partial charge in [-0.15, -0.1) is 0 Å². The molecule has 0 radical (unpaired) electrons. The Morgan fingerprint density at radius 3 is 2.23 bits per heavy atom. The number of carbonyl (C=O) groups excluding carboxylic acids is 3. The maximum Gasteiger partial charge on any atom is 0.434 e. The first-order chi connectivity index (χ1) is 10.4. The molecule has 0 fully saturated rings. The average Bonchev–Trinajstić information content (AvgIpc) is 2.48. The van der Waals surface area contributed by atoms with Crippen molar-refractivity contribution in [3.8, 4) is 0 Å². The zero-order chi connectivity index (χ0) is 16.9. The van der Waals surface area contributed by atoms with Crippen LogP contribution in [0.5, 0.6) is 0 Å². The second kappa shape index (κ2) is 7.58. The molecule has 0 aromatic carbocycles. The Balaban J connectivity index is 3.32. The summed E-state index contributed by atoms with van der Waals surface area (Å²) < 4.78 is 14.6. The number of amides is 1. The number of ether oxygens (including phenoxy) is 3. The second-order valence-electron chi connectivity index (χ2n) is 4.43. The van der Waals surface area contributed by atoms with Crippen molar-refractivity contribution >= 4 is 23.7 Å². The number of methoxy groups -OCH3 is 1. The van der Waals surface area contributed by atoms with Gasteiger partial charge in [0.2, 0.25) is 0 Å². The van der Waals surface area contributed by atoms with Gasteiger partial charge in [-0.1, -0.05) is 0 Å². The van der Waals surface area contributed by atoms with Crippen molar-refractivity contribution in [2.24, 2.45) is 11.0 Å². The quantitative estimate of drug-likeness (QED) is 0.576. The van der Waals surface area contributed by atoms with Gasteiger partial charge in [-0.3, -0.25) is 4.79 Å². The van der Waals surface area contributed by atoms with Crippen molar-refractivity contribution < 1.29 is 28.6 Å². The fourth-order valence-corrected chi connectivity index (χ4v) is 2.07. The molecule has 1 amide bonds. The summed E-state index contributed by atoms with van der Waals surface area (Å²) >= 11 is 0. The monoisotopic (exact) mass is 312 g/mol. The topological polar surface area (TPSA) is 94.5 Å². The third kappa shape index (κ3) is 3.44. The molecule has 0 N–H and O–H groups in total. The van der Waals surface area contributed by atoms with E-state index in [0.717, 1.165) is 5.01 Å². The molecule has 8 heteroatoms. The number of carbonyl (C=O) groups is 3. The largest absolute Gasteiger partial charge is 0.466 e. The molecule has 0 aromatic heterocycles. The fraction of sp³-hybridized carbons (Fsp3) is 0.571. The standard InChI is InChI=1S/C14H20N2O6/c1-6-21-13(18)10-8(3)15-16(14(19)22-7-2)9(4)11(10)12(17)20-5/h10H,6-7H2,1-5H3. The predicted octanol–water partition coefficient (Wildman–Crippen LogP) is 1.46. The maximum atomic E-state index is 12.1. The zero-order valence-electron chi connectivity index (χ0n) is 13.3.